The molecular weight excluding hydrogens is 629 g/mol. The molecule has 224 valence electrons. The molecule has 1 amide bonds. The molecule has 41 heavy (non-hydrogen) atoms. The van der Waals surface area contributed by atoms with Crippen LogP contribution in [0.15, 0.2) is 17.6 Å². The third-order valence-electron chi connectivity index (χ3n) is 6.70. The quantitative estimate of drug-likeness (QED) is 0.155. The minimum Gasteiger partial charge on any atom is -0.382 e. The lowest BCUT2D eigenvalue weighted by molar-refractivity contribution is -0.126. The van der Waals surface area contributed by atoms with Crippen LogP contribution in [0.4, 0.5) is 10.2 Å². The number of fused-ring (bicyclic) bond motifs is 6. The molecular formula is C18H25FN10O8P2S2. The van der Waals surface area contributed by atoms with Gasteiger partial charge in [-0.25, -0.2) is 23.9 Å². The van der Waals surface area contributed by atoms with Crippen LogP contribution in [0.25, 0.3) is 11.2 Å². The van der Waals surface area contributed by atoms with Crippen LogP contribution in [0.2, 0.25) is 0 Å². The summed E-state index contributed by atoms with van der Waals surface area (Å²) in [5.74, 6) is -0.211. The predicted molar refractivity (Wildman–Crippen MR) is 145 cm³/mol. The molecule has 3 fully saturated rings. The van der Waals surface area contributed by atoms with Crippen molar-refractivity contribution in [3.63, 3.8) is 0 Å². The minimum absolute atomic E-state index is 0.0471. The van der Waals surface area contributed by atoms with Crippen molar-refractivity contribution >= 4 is 66.3 Å². The monoisotopic (exact) mass is 654 g/mol. The number of imidazole rings is 1. The summed E-state index contributed by atoms with van der Waals surface area (Å²) in [6, 6.07) is -0.923. The van der Waals surface area contributed by atoms with Crippen LogP contribution in [-0.4, -0.2) is 104 Å². The summed E-state index contributed by atoms with van der Waals surface area (Å²) in [5, 5.41) is 5.51. The van der Waals surface area contributed by atoms with Gasteiger partial charge in [0.05, 0.1) is 19.5 Å². The highest BCUT2D eigenvalue weighted by Gasteiger charge is 2.51. The van der Waals surface area contributed by atoms with Crippen LogP contribution in [0.1, 0.15) is 6.23 Å². The number of carbonyl (C=O) groups is 1. The molecule has 0 aromatic carbocycles. The lowest BCUT2D eigenvalue weighted by atomic mass is 10.1. The van der Waals surface area contributed by atoms with Crippen LogP contribution in [0, 0.1) is 0 Å². The van der Waals surface area contributed by atoms with Crippen LogP contribution in [0.3, 0.4) is 0 Å². The SMILES string of the molecule is Nc1ncnc2c1ncn2[C@@H]1O[C@@H]2COP(O)(=S)OCCN3C(=NC4C(=O)NC(N)NC43)COP(=O)(S)O[C@@H]1[C@H]2F. The molecule has 4 aliphatic rings. The topological polar surface area (TPSA) is 236 Å². The first-order valence-corrected chi connectivity index (χ1v) is 17.4. The van der Waals surface area contributed by atoms with Gasteiger partial charge in [-0.05, 0) is 11.8 Å². The Balaban J connectivity index is 1.32. The molecule has 0 radical (unpaired) electrons. The van der Waals surface area contributed by atoms with Gasteiger partial charge in [0, 0.05) is 6.54 Å². The number of amides is 1. The van der Waals surface area contributed by atoms with E-state index in [4.69, 9.17) is 46.1 Å². The number of halogens is 1. The number of aliphatic imine (C=N–C) groups is 1. The number of nitrogens with two attached hydrogens (primary N) is 2. The van der Waals surface area contributed by atoms with Gasteiger partial charge in [-0.2, -0.15) is 0 Å². The number of anilines is 1. The van der Waals surface area contributed by atoms with Crippen LogP contribution < -0.4 is 22.1 Å². The van der Waals surface area contributed by atoms with Crippen molar-refractivity contribution in [2.75, 3.05) is 32.1 Å². The van der Waals surface area contributed by atoms with Crippen LogP contribution in [0.5, 0.6) is 0 Å². The van der Waals surface area contributed by atoms with Crippen molar-refractivity contribution in [1.29, 1.82) is 0 Å². The second-order valence-corrected chi connectivity index (χ2v) is 15.0. The molecule has 3 saturated heterocycles. The van der Waals surface area contributed by atoms with Gasteiger partial charge in [0.25, 0.3) is 5.91 Å². The Morgan fingerprint density at radius 2 is 2.07 bits per heavy atom. The van der Waals surface area contributed by atoms with Crippen molar-refractivity contribution in [3.05, 3.63) is 12.7 Å². The number of hydrogen-bond acceptors (Lipinski definition) is 16. The van der Waals surface area contributed by atoms with Gasteiger partial charge >= 0.3 is 13.5 Å². The van der Waals surface area contributed by atoms with Gasteiger partial charge in [-0.1, -0.05) is 12.2 Å². The van der Waals surface area contributed by atoms with Crippen molar-refractivity contribution in [1.82, 2.24) is 35.1 Å². The number of aromatic nitrogens is 4. The molecule has 0 spiro atoms. The standard InChI is InChI=1S/C18H25FN10O8P2S2/c19-9-7-3-34-38(31,40)33-2-1-28-8(25-11-15(28)26-18(21)27-16(11)30)4-35-39(32,41)37-12(9)17(36-7)29-6-24-10-13(20)22-5-23-14(10)29/h5-7,9,11-12,15,17-18,26H,1-4,21H2,(H,27,30)(H,31,40)(H,32,41)(H2,20,22,23)/t7-,9+,11?,12-,15?,17-,18?,38?,39?/m1/s1. The highest BCUT2D eigenvalue weighted by Crippen LogP contribution is 2.57. The zero-order chi connectivity index (χ0) is 29.1. The van der Waals surface area contributed by atoms with Gasteiger partial charge in [0.15, 0.2) is 29.9 Å². The van der Waals surface area contributed by atoms with E-state index >= 15 is 4.39 Å². The number of carbonyl (C=O) groups excluding carboxylic acids is 1. The lowest BCUT2D eigenvalue weighted by Gasteiger charge is -2.36. The van der Waals surface area contributed by atoms with E-state index < -0.39 is 75.7 Å². The summed E-state index contributed by atoms with van der Waals surface area (Å²) in [6.45, 7) is -9.31. The van der Waals surface area contributed by atoms with E-state index in [9.17, 15) is 14.3 Å². The first-order chi connectivity index (χ1) is 19.4. The van der Waals surface area contributed by atoms with Gasteiger partial charge in [0.1, 0.15) is 48.9 Å². The summed E-state index contributed by atoms with van der Waals surface area (Å²) >= 11 is 9.16. The summed E-state index contributed by atoms with van der Waals surface area (Å²) in [4.78, 5) is 41.3. The van der Waals surface area contributed by atoms with E-state index in [0.717, 1.165) is 0 Å². The number of nitrogens with zero attached hydrogens (tertiary/aromatic N) is 6. The van der Waals surface area contributed by atoms with Gasteiger partial charge in [-0.3, -0.25) is 34.5 Å². The van der Waals surface area contributed by atoms with E-state index in [0.29, 0.717) is 0 Å². The molecule has 23 heteroatoms. The molecule has 2 bridgehead atoms. The maximum Gasteiger partial charge on any atom is 0.387 e. The van der Waals surface area contributed by atoms with Crippen molar-refractivity contribution in [3.8, 4) is 0 Å². The molecule has 2 aromatic heterocycles. The second kappa shape index (κ2) is 11.0. The third kappa shape index (κ3) is 5.74. The van der Waals surface area contributed by atoms with Gasteiger partial charge in [-0.15, -0.1) is 0 Å². The zero-order valence-corrected chi connectivity index (χ0v) is 24.3. The summed E-state index contributed by atoms with van der Waals surface area (Å²) in [5.41, 5.74) is 12.1. The maximum absolute atomic E-state index is 15.8. The first-order valence-electron chi connectivity index (χ1n) is 12.1. The van der Waals surface area contributed by atoms with E-state index in [-0.39, 0.29) is 36.0 Å². The molecule has 9 atom stereocenters. The number of ether oxygens (including phenoxy) is 1. The Labute approximate surface area is 241 Å². The number of rotatable bonds is 1. The summed E-state index contributed by atoms with van der Waals surface area (Å²) in [6.07, 6.45) is -5.31. The zero-order valence-electron chi connectivity index (χ0n) is 20.8. The molecule has 0 saturated carbocycles. The Morgan fingerprint density at radius 3 is 2.88 bits per heavy atom. The van der Waals surface area contributed by atoms with Crippen molar-refractivity contribution < 1.29 is 41.5 Å². The van der Waals surface area contributed by atoms with Crippen LogP contribution in [-0.2, 0) is 44.0 Å². The van der Waals surface area contributed by atoms with E-state index in [1.807, 2.05) is 0 Å². The second-order valence-electron chi connectivity index (χ2n) is 9.28. The predicted octanol–water partition coefficient (Wildman–Crippen LogP) is -1.28. The molecule has 0 aliphatic carbocycles. The molecule has 7 N–H and O–H groups in total. The molecule has 18 nitrogen and oxygen atoms in total. The number of alkyl halides is 1. The molecule has 2 aromatic rings. The Kier molecular flexibility index (Phi) is 7.84. The number of nitrogens with one attached hydrogen (secondary N) is 2. The normalized spacial score (nSPS) is 40.3. The number of hydrogen-bond donors (Lipinski definition) is 6. The first kappa shape index (κ1) is 29.2. The summed E-state index contributed by atoms with van der Waals surface area (Å²) in [7, 11) is 0. The van der Waals surface area contributed by atoms with E-state index in [2.05, 4.69) is 42.8 Å². The number of amidine groups is 1. The fourth-order valence-electron chi connectivity index (χ4n) is 4.88. The fourth-order valence-corrected chi connectivity index (χ4v) is 7.37. The van der Waals surface area contributed by atoms with Crippen molar-refractivity contribution in [2.24, 2.45) is 10.7 Å². The third-order valence-corrected chi connectivity index (χ3v) is 9.91. The van der Waals surface area contributed by atoms with E-state index in [1.165, 1.54) is 17.2 Å². The highest BCUT2D eigenvalue weighted by atomic mass is 32.7. The molecule has 6 heterocycles. The number of thiol groups is 1. The van der Waals surface area contributed by atoms with Crippen LogP contribution >= 0.6 is 25.8 Å². The highest BCUT2D eigenvalue weighted by molar-refractivity contribution is 8.44. The average molecular weight is 655 g/mol. The summed E-state index contributed by atoms with van der Waals surface area (Å²) < 4.78 is 58.4. The Bertz CT molecular complexity index is 1490. The molecule has 5 unspecified atom stereocenters. The largest absolute Gasteiger partial charge is 0.387 e. The Hall–Kier alpha value is -1.87. The van der Waals surface area contributed by atoms with Crippen molar-refractivity contribution in [2.45, 2.75) is 43.1 Å². The van der Waals surface area contributed by atoms with Gasteiger partial charge < -0.3 is 34.6 Å². The molecule has 4 aliphatic heterocycles. The fraction of sp³-hybridized carbons (Fsp3) is 0.611. The lowest BCUT2D eigenvalue weighted by Crippen LogP contribution is -2.69. The minimum atomic E-state index is -4.31. The molecule has 6 rings (SSSR count). The van der Waals surface area contributed by atoms with E-state index in [1.54, 1.807) is 4.90 Å². The number of nitrogen functional groups attached to an aromatic ring is 1. The van der Waals surface area contributed by atoms with Gasteiger partial charge in [0.2, 0.25) is 0 Å². The smallest absolute Gasteiger partial charge is 0.382 e. The average Bonchev–Trinajstić information content (AvgIpc) is 3.56. The maximum atomic E-state index is 15.8. The Morgan fingerprint density at radius 1 is 1.27 bits per heavy atom.